The van der Waals surface area contributed by atoms with E-state index in [2.05, 4.69) is 4.98 Å². The fourth-order valence-electron chi connectivity index (χ4n) is 1.43. The SMILES string of the molecule is COc1cccc(Oc2cccnc2C(=O)O)c1. The molecule has 1 heterocycles. The van der Waals surface area contributed by atoms with Gasteiger partial charge >= 0.3 is 5.97 Å². The number of carboxylic acid groups (broad SMARTS) is 1. The van der Waals surface area contributed by atoms with Gasteiger partial charge in [-0.15, -0.1) is 0 Å². The van der Waals surface area contributed by atoms with Crippen molar-refractivity contribution >= 4 is 5.97 Å². The van der Waals surface area contributed by atoms with Gasteiger partial charge in [-0.05, 0) is 24.3 Å². The van der Waals surface area contributed by atoms with Crippen LogP contribution in [0.3, 0.4) is 0 Å². The van der Waals surface area contributed by atoms with Gasteiger partial charge in [0.2, 0.25) is 0 Å². The molecule has 5 nitrogen and oxygen atoms in total. The number of rotatable bonds is 4. The third kappa shape index (κ3) is 2.57. The number of carboxylic acids is 1. The molecule has 18 heavy (non-hydrogen) atoms. The van der Waals surface area contributed by atoms with Crippen molar-refractivity contribution in [2.45, 2.75) is 0 Å². The van der Waals surface area contributed by atoms with Gasteiger partial charge in [-0.25, -0.2) is 9.78 Å². The van der Waals surface area contributed by atoms with Crippen molar-refractivity contribution in [3.8, 4) is 17.2 Å². The Kier molecular flexibility index (Phi) is 3.43. The van der Waals surface area contributed by atoms with Crippen LogP contribution in [0, 0.1) is 0 Å². The number of benzene rings is 1. The lowest BCUT2D eigenvalue weighted by Gasteiger charge is -2.08. The standard InChI is InChI=1S/C13H11NO4/c1-17-9-4-2-5-10(8-9)18-11-6-3-7-14-12(11)13(15)16/h2-8H,1H3,(H,15,16). The first-order chi connectivity index (χ1) is 8.70. The second-order valence-electron chi connectivity index (χ2n) is 3.44. The molecule has 2 rings (SSSR count). The maximum atomic E-state index is 11.0. The molecule has 1 N–H and O–H groups in total. The molecule has 1 aromatic carbocycles. The van der Waals surface area contributed by atoms with Crippen LogP contribution in [0.2, 0.25) is 0 Å². The summed E-state index contributed by atoms with van der Waals surface area (Å²) >= 11 is 0. The summed E-state index contributed by atoms with van der Waals surface area (Å²) in [6.07, 6.45) is 1.40. The summed E-state index contributed by atoms with van der Waals surface area (Å²) < 4.78 is 10.5. The number of nitrogens with zero attached hydrogens (tertiary/aromatic N) is 1. The number of pyridine rings is 1. The average Bonchev–Trinajstić information content (AvgIpc) is 2.39. The van der Waals surface area contributed by atoms with E-state index in [1.807, 2.05) is 0 Å². The van der Waals surface area contributed by atoms with Crippen molar-refractivity contribution in [3.63, 3.8) is 0 Å². The van der Waals surface area contributed by atoms with Crippen LogP contribution in [-0.2, 0) is 0 Å². The fraction of sp³-hybridized carbons (Fsp3) is 0.0769. The molecule has 0 aliphatic carbocycles. The molecular formula is C13H11NO4. The molecule has 0 unspecified atom stereocenters. The molecule has 0 fully saturated rings. The molecule has 1 aromatic heterocycles. The van der Waals surface area contributed by atoms with E-state index in [1.165, 1.54) is 6.20 Å². The summed E-state index contributed by atoms with van der Waals surface area (Å²) in [5, 5.41) is 8.98. The van der Waals surface area contributed by atoms with Crippen LogP contribution in [0.1, 0.15) is 10.5 Å². The monoisotopic (exact) mass is 245 g/mol. The highest BCUT2D eigenvalue weighted by Gasteiger charge is 2.12. The van der Waals surface area contributed by atoms with Gasteiger partial charge in [-0.2, -0.15) is 0 Å². The quantitative estimate of drug-likeness (QED) is 0.896. The molecule has 0 aliphatic rings. The predicted molar refractivity (Wildman–Crippen MR) is 64.3 cm³/mol. The fourth-order valence-corrected chi connectivity index (χ4v) is 1.43. The van der Waals surface area contributed by atoms with Gasteiger partial charge in [0.1, 0.15) is 11.5 Å². The van der Waals surface area contributed by atoms with Crippen LogP contribution in [0.5, 0.6) is 17.2 Å². The lowest BCUT2D eigenvalue weighted by atomic mass is 10.3. The predicted octanol–water partition coefficient (Wildman–Crippen LogP) is 2.58. The van der Waals surface area contributed by atoms with E-state index in [1.54, 1.807) is 43.5 Å². The average molecular weight is 245 g/mol. The maximum Gasteiger partial charge on any atom is 0.358 e. The lowest BCUT2D eigenvalue weighted by molar-refractivity contribution is 0.0687. The Bertz CT molecular complexity index is 568. The Hall–Kier alpha value is -2.56. The topological polar surface area (TPSA) is 68.7 Å². The normalized spacial score (nSPS) is 9.83. The Morgan fingerprint density at radius 1 is 1.22 bits per heavy atom. The van der Waals surface area contributed by atoms with Crippen LogP contribution < -0.4 is 9.47 Å². The molecule has 0 amide bonds. The third-order valence-electron chi connectivity index (χ3n) is 2.24. The molecule has 0 atom stereocenters. The summed E-state index contributed by atoms with van der Waals surface area (Å²) in [5.41, 5.74) is -0.125. The van der Waals surface area contributed by atoms with Crippen molar-refractivity contribution in [2.75, 3.05) is 7.11 Å². The minimum absolute atomic E-state index is 0.125. The number of hydrogen-bond acceptors (Lipinski definition) is 4. The van der Waals surface area contributed by atoms with Crippen LogP contribution >= 0.6 is 0 Å². The van der Waals surface area contributed by atoms with Gasteiger partial charge in [-0.3, -0.25) is 0 Å². The van der Waals surface area contributed by atoms with E-state index < -0.39 is 5.97 Å². The first kappa shape index (κ1) is 11.9. The Morgan fingerprint density at radius 3 is 2.72 bits per heavy atom. The molecule has 0 saturated carbocycles. The Balaban J connectivity index is 2.31. The molecule has 0 saturated heterocycles. The minimum atomic E-state index is -1.13. The van der Waals surface area contributed by atoms with Gasteiger partial charge in [0.05, 0.1) is 7.11 Å². The van der Waals surface area contributed by atoms with E-state index in [4.69, 9.17) is 14.6 Å². The zero-order chi connectivity index (χ0) is 13.0. The van der Waals surface area contributed by atoms with Gasteiger partial charge in [0.25, 0.3) is 0 Å². The zero-order valence-electron chi connectivity index (χ0n) is 9.66. The van der Waals surface area contributed by atoms with Crippen LogP contribution in [-0.4, -0.2) is 23.2 Å². The summed E-state index contributed by atoms with van der Waals surface area (Å²) in [6, 6.07) is 10.1. The Labute approximate surface area is 104 Å². The highest BCUT2D eigenvalue weighted by Crippen LogP contribution is 2.26. The van der Waals surface area contributed by atoms with Crippen LogP contribution in [0.25, 0.3) is 0 Å². The second kappa shape index (κ2) is 5.18. The molecule has 2 aromatic rings. The molecular weight excluding hydrogens is 234 g/mol. The first-order valence-corrected chi connectivity index (χ1v) is 5.21. The van der Waals surface area contributed by atoms with E-state index in [0.717, 1.165) is 0 Å². The Morgan fingerprint density at radius 2 is 2.00 bits per heavy atom. The van der Waals surface area contributed by atoms with E-state index in [9.17, 15) is 4.79 Å². The summed E-state index contributed by atoms with van der Waals surface area (Å²) in [5.74, 6) is 0.185. The van der Waals surface area contributed by atoms with Gasteiger partial charge in [0.15, 0.2) is 11.4 Å². The van der Waals surface area contributed by atoms with Crippen molar-refractivity contribution in [1.29, 1.82) is 0 Å². The summed E-state index contributed by atoms with van der Waals surface area (Å²) in [6.45, 7) is 0. The molecule has 92 valence electrons. The molecule has 0 spiro atoms. The van der Waals surface area contributed by atoms with Crippen LogP contribution in [0.4, 0.5) is 0 Å². The first-order valence-electron chi connectivity index (χ1n) is 5.21. The summed E-state index contributed by atoms with van der Waals surface area (Å²) in [4.78, 5) is 14.7. The van der Waals surface area contributed by atoms with Crippen LogP contribution in [0.15, 0.2) is 42.6 Å². The van der Waals surface area contributed by atoms with Gasteiger partial charge in [0, 0.05) is 12.3 Å². The molecule has 5 heteroatoms. The summed E-state index contributed by atoms with van der Waals surface area (Å²) in [7, 11) is 1.55. The number of hydrogen-bond donors (Lipinski definition) is 1. The molecule has 0 radical (unpaired) electrons. The van der Waals surface area contributed by atoms with Gasteiger partial charge in [-0.1, -0.05) is 6.07 Å². The number of aromatic nitrogens is 1. The number of methoxy groups -OCH3 is 1. The van der Waals surface area contributed by atoms with Crippen molar-refractivity contribution in [1.82, 2.24) is 4.98 Å². The third-order valence-corrected chi connectivity index (χ3v) is 2.24. The second-order valence-corrected chi connectivity index (χ2v) is 3.44. The van der Waals surface area contributed by atoms with E-state index >= 15 is 0 Å². The van der Waals surface area contributed by atoms with Gasteiger partial charge < -0.3 is 14.6 Å². The number of aromatic carboxylic acids is 1. The van der Waals surface area contributed by atoms with E-state index in [-0.39, 0.29) is 11.4 Å². The zero-order valence-corrected chi connectivity index (χ0v) is 9.66. The smallest absolute Gasteiger partial charge is 0.358 e. The largest absolute Gasteiger partial charge is 0.497 e. The van der Waals surface area contributed by atoms with Crippen molar-refractivity contribution in [3.05, 3.63) is 48.3 Å². The minimum Gasteiger partial charge on any atom is -0.497 e. The highest BCUT2D eigenvalue weighted by atomic mass is 16.5. The highest BCUT2D eigenvalue weighted by molar-refractivity contribution is 5.88. The number of ether oxygens (including phenoxy) is 2. The van der Waals surface area contributed by atoms with E-state index in [0.29, 0.717) is 11.5 Å². The van der Waals surface area contributed by atoms with Crippen molar-refractivity contribution < 1.29 is 19.4 Å². The molecule has 0 aliphatic heterocycles. The number of carbonyl (C=O) groups is 1. The lowest BCUT2D eigenvalue weighted by Crippen LogP contribution is -2.02. The maximum absolute atomic E-state index is 11.0. The molecule has 0 bridgehead atoms. The van der Waals surface area contributed by atoms with Crippen molar-refractivity contribution in [2.24, 2.45) is 0 Å².